The van der Waals surface area contributed by atoms with Crippen molar-refractivity contribution in [2.45, 2.75) is 37.1 Å². The van der Waals surface area contributed by atoms with Crippen molar-refractivity contribution in [3.63, 3.8) is 0 Å². The number of rotatable bonds is 7. The van der Waals surface area contributed by atoms with Gasteiger partial charge in [0.05, 0.1) is 0 Å². The summed E-state index contributed by atoms with van der Waals surface area (Å²) in [6.07, 6.45) is 1.06. The molecule has 23 heavy (non-hydrogen) atoms. The molecule has 124 valence electrons. The van der Waals surface area contributed by atoms with Crippen LogP contribution < -0.4 is 10.1 Å². The van der Waals surface area contributed by atoms with E-state index in [9.17, 15) is 4.79 Å². The molecule has 0 aliphatic heterocycles. The van der Waals surface area contributed by atoms with E-state index in [1.54, 1.807) is 49.9 Å². The van der Waals surface area contributed by atoms with E-state index in [1.807, 2.05) is 0 Å². The smallest absolute Gasteiger partial charge is 0.269 e. The van der Waals surface area contributed by atoms with Crippen molar-refractivity contribution in [1.29, 1.82) is 0 Å². The minimum Gasteiger partial charge on any atom is -0.478 e. The van der Waals surface area contributed by atoms with Gasteiger partial charge in [-0.25, -0.2) is 0 Å². The van der Waals surface area contributed by atoms with Crippen LogP contribution in [0.15, 0.2) is 28.6 Å². The van der Waals surface area contributed by atoms with Crippen LogP contribution in [0.5, 0.6) is 5.75 Å². The second kappa shape index (κ2) is 7.99. The van der Waals surface area contributed by atoms with Crippen LogP contribution in [0.2, 0.25) is 5.02 Å². The topological polar surface area (TPSA) is 64.1 Å². The molecule has 8 heteroatoms. The Balaban J connectivity index is 1.97. The van der Waals surface area contributed by atoms with Crippen LogP contribution in [0.1, 0.15) is 27.2 Å². The lowest BCUT2D eigenvalue weighted by Gasteiger charge is -2.24. The number of hydrogen-bond acceptors (Lipinski definition) is 6. The highest BCUT2D eigenvalue weighted by Gasteiger charge is 2.31. The molecule has 0 aliphatic carbocycles. The summed E-state index contributed by atoms with van der Waals surface area (Å²) in [4.78, 5) is 12.4. The number of anilines is 1. The van der Waals surface area contributed by atoms with Gasteiger partial charge < -0.3 is 4.74 Å². The maximum Gasteiger partial charge on any atom is 0.269 e. The SMILES string of the molecule is CCCSc1nnc(NC(=O)C(C)(C)Oc2ccc(Cl)cc2)s1. The van der Waals surface area contributed by atoms with Gasteiger partial charge in [0, 0.05) is 10.8 Å². The van der Waals surface area contributed by atoms with Crippen molar-refractivity contribution >= 4 is 45.7 Å². The van der Waals surface area contributed by atoms with Gasteiger partial charge in [0.25, 0.3) is 5.91 Å². The number of nitrogens with zero attached hydrogens (tertiary/aromatic N) is 2. The van der Waals surface area contributed by atoms with Gasteiger partial charge in [0.2, 0.25) is 5.13 Å². The molecule has 1 amide bonds. The molecule has 2 aromatic rings. The molecule has 1 heterocycles. The van der Waals surface area contributed by atoms with E-state index in [-0.39, 0.29) is 5.91 Å². The summed E-state index contributed by atoms with van der Waals surface area (Å²) in [5.74, 6) is 1.27. The number of benzene rings is 1. The lowest BCUT2D eigenvalue weighted by Crippen LogP contribution is -2.42. The Morgan fingerprint density at radius 1 is 1.35 bits per heavy atom. The van der Waals surface area contributed by atoms with Crippen LogP contribution in [0, 0.1) is 0 Å². The first-order valence-corrected chi connectivity index (χ1v) is 9.31. The van der Waals surface area contributed by atoms with Gasteiger partial charge in [-0.1, -0.05) is 41.6 Å². The van der Waals surface area contributed by atoms with Crippen molar-refractivity contribution in [2.75, 3.05) is 11.1 Å². The summed E-state index contributed by atoms with van der Waals surface area (Å²) < 4.78 is 6.59. The van der Waals surface area contributed by atoms with Gasteiger partial charge in [0.15, 0.2) is 9.94 Å². The molecule has 2 rings (SSSR count). The average Bonchev–Trinajstić information content (AvgIpc) is 2.95. The summed E-state index contributed by atoms with van der Waals surface area (Å²) in [5.41, 5.74) is -1.05. The van der Waals surface area contributed by atoms with Crippen molar-refractivity contribution in [2.24, 2.45) is 0 Å². The van der Waals surface area contributed by atoms with Gasteiger partial charge in [-0.05, 0) is 44.5 Å². The quantitative estimate of drug-likeness (QED) is 0.573. The number of thioether (sulfide) groups is 1. The predicted octanol–water partition coefficient (Wildman–Crippen LogP) is 4.49. The lowest BCUT2D eigenvalue weighted by atomic mass is 10.1. The Morgan fingerprint density at radius 3 is 2.70 bits per heavy atom. The molecule has 0 aliphatic rings. The molecule has 0 atom stereocenters. The zero-order valence-corrected chi connectivity index (χ0v) is 15.5. The van der Waals surface area contributed by atoms with Gasteiger partial charge in [0.1, 0.15) is 5.75 Å². The first-order valence-electron chi connectivity index (χ1n) is 7.13. The Labute approximate surface area is 148 Å². The average molecular weight is 372 g/mol. The number of aromatic nitrogens is 2. The summed E-state index contributed by atoms with van der Waals surface area (Å²) in [6, 6.07) is 6.88. The normalized spacial score (nSPS) is 11.3. The molecular weight excluding hydrogens is 354 g/mol. The van der Waals surface area contributed by atoms with E-state index in [1.165, 1.54) is 11.3 Å². The molecule has 5 nitrogen and oxygen atoms in total. The standard InChI is InChI=1S/C15H18ClN3O2S2/c1-4-9-22-14-19-18-13(23-14)17-12(20)15(2,3)21-11-7-5-10(16)6-8-11/h5-8H,4,9H2,1-3H3,(H,17,18,20). The number of carbonyl (C=O) groups is 1. The number of carbonyl (C=O) groups excluding carboxylic acids is 1. The highest BCUT2D eigenvalue weighted by Crippen LogP contribution is 2.27. The number of halogens is 1. The molecular formula is C15H18ClN3O2S2. The van der Waals surface area contributed by atoms with Gasteiger partial charge in [-0.2, -0.15) is 0 Å². The highest BCUT2D eigenvalue weighted by atomic mass is 35.5. The van der Waals surface area contributed by atoms with E-state index in [0.717, 1.165) is 16.5 Å². The highest BCUT2D eigenvalue weighted by molar-refractivity contribution is 8.01. The van der Waals surface area contributed by atoms with E-state index in [0.29, 0.717) is 15.9 Å². The summed E-state index contributed by atoms with van der Waals surface area (Å²) in [7, 11) is 0. The monoisotopic (exact) mass is 371 g/mol. The zero-order valence-electron chi connectivity index (χ0n) is 13.1. The zero-order chi connectivity index (χ0) is 16.9. The lowest BCUT2D eigenvalue weighted by molar-refractivity contribution is -0.128. The molecule has 0 unspecified atom stereocenters. The minimum atomic E-state index is -1.05. The molecule has 1 N–H and O–H groups in total. The third kappa shape index (κ3) is 5.37. The van der Waals surface area contributed by atoms with Crippen LogP contribution in [0.3, 0.4) is 0 Å². The van der Waals surface area contributed by atoms with Crippen LogP contribution in [0.25, 0.3) is 0 Å². The Bertz CT molecular complexity index is 659. The summed E-state index contributed by atoms with van der Waals surface area (Å²) >= 11 is 8.83. The van der Waals surface area contributed by atoms with E-state index in [4.69, 9.17) is 16.3 Å². The molecule has 0 radical (unpaired) electrons. The molecule has 1 aromatic carbocycles. The molecule has 0 bridgehead atoms. The minimum absolute atomic E-state index is 0.282. The Morgan fingerprint density at radius 2 is 2.04 bits per heavy atom. The Kier molecular flexibility index (Phi) is 6.26. The molecule has 0 saturated carbocycles. The van der Waals surface area contributed by atoms with Crippen LogP contribution in [-0.2, 0) is 4.79 Å². The first-order chi connectivity index (χ1) is 10.9. The molecule has 0 saturated heterocycles. The number of ether oxygens (including phenoxy) is 1. The molecule has 1 aromatic heterocycles. The van der Waals surface area contributed by atoms with Crippen molar-refractivity contribution in [3.8, 4) is 5.75 Å². The third-order valence-electron chi connectivity index (χ3n) is 2.79. The molecule has 0 fully saturated rings. The summed E-state index contributed by atoms with van der Waals surface area (Å²) in [5, 5.41) is 11.9. The predicted molar refractivity (Wildman–Crippen MR) is 95.7 cm³/mol. The van der Waals surface area contributed by atoms with E-state index in [2.05, 4.69) is 22.4 Å². The van der Waals surface area contributed by atoms with E-state index >= 15 is 0 Å². The maximum atomic E-state index is 12.4. The maximum absolute atomic E-state index is 12.4. The third-order valence-corrected chi connectivity index (χ3v) is 5.22. The second-order valence-electron chi connectivity index (χ2n) is 5.24. The summed E-state index contributed by atoms with van der Waals surface area (Å²) in [6.45, 7) is 5.50. The number of amides is 1. The van der Waals surface area contributed by atoms with E-state index < -0.39 is 5.60 Å². The van der Waals surface area contributed by atoms with Gasteiger partial charge in [-0.3, -0.25) is 10.1 Å². The largest absolute Gasteiger partial charge is 0.478 e. The fourth-order valence-electron chi connectivity index (χ4n) is 1.60. The fourth-order valence-corrected chi connectivity index (χ4v) is 3.40. The van der Waals surface area contributed by atoms with Gasteiger partial charge >= 0.3 is 0 Å². The number of hydrogen-bond donors (Lipinski definition) is 1. The van der Waals surface area contributed by atoms with Gasteiger partial charge in [-0.15, -0.1) is 10.2 Å². The van der Waals surface area contributed by atoms with Crippen LogP contribution in [-0.4, -0.2) is 27.5 Å². The fraction of sp³-hybridized carbons (Fsp3) is 0.400. The first kappa shape index (κ1) is 18.0. The van der Waals surface area contributed by atoms with Crippen molar-refractivity contribution in [1.82, 2.24) is 10.2 Å². The van der Waals surface area contributed by atoms with Crippen molar-refractivity contribution < 1.29 is 9.53 Å². The Hall–Kier alpha value is -1.31. The van der Waals surface area contributed by atoms with Crippen molar-refractivity contribution in [3.05, 3.63) is 29.3 Å². The van der Waals surface area contributed by atoms with Crippen LogP contribution >= 0.6 is 34.7 Å². The van der Waals surface area contributed by atoms with Crippen LogP contribution in [0.4, 0.5) is 5.13 Å². The number of nitrogens with one attached hydrogen (secondary N) is 1. The second-order valence-corrected chi connectivity index (χ2v) is 8.00. The molecule has 0 spiro atoms.